The standard InChI is InChI=1S/C15H19N3/c1-12-5-7-13(8-6-12)10-15(18-16)11-14-4-2-3-9-17-14/h2-9,15,18H,10-11,16H2,1H3. The maximum Gasteiger partial charge on any atom is 0.0419 e. The van der Waals surface area contributed by atoms with Crippen LogP contribution in [0.1, 0.15) is 16.8 Å². The van der Waals surface area contributed by atoms with Gasteiger partial charge in [0.1, 0.15) is 0 Å². The van der Waals surface area contributed by atoms with Gasteiger partial charge in [-0.3, -0.25) is 16.3 Å². The second-order valence-corrected chi connectivity index (χ2v) is 4.58. The second-order valence-electron chi connectivity index (χ2n) is 4.58. The quantitative estimate of drug-likeness (QED) is 0.622. The molecule has 0 amide bonds. The highest BCUT2D eigenvalue weighted by molar-refractivity contribution is 5.22. The van der Waals surface area contributed by atoms with E-state index in [9.17, 15) is 0 Å². The summed E-state index contributed by atoms with van der Waals surface area (Å²) in [5.41, 5.74) is 6.51. The average Bonchev–Trinajstić information content (AvgIpc) is 2.41. The van der Waals surface area contributed by atoms with Gasteiger partial charge in [-0.2, -0.15) is 0 Å². The van der Waals surface area contributed by atoms with Crippen LogP contribution < -0.4 is 11.3 Å². The normalized spacial score (nSPS) is 12.3. The zero-order chi connectivity index (χ0) is 12.8. The summed E-state index contributed by atoms with van der Waals surface area (Å²) in [4.78, 5) is 4.33. The Bertz CT molecular complexity index is 465. The van der Waals surface area contributed by atoms with E-state index in [-0.39, 0.29) is 6.04 Å². The lowest BCUT2D eigenvalue weighted by atomic mass is 10.0. The molecule has 0 saturated heterocycles. The molecular formula is C15H19N3. The lowest BCUT2D eigenvalue weighted by Gasteiger charge is -2.15. The van der Waals surface area contributed by atoms with Gasteiger partial charge in [0.2, 0.25) is 0 Å². The minimum absolute atomic E-state index is 0.211. The van der Waals surface area contributed by atoms with Crippen molar-refractivity contribution >= 4 is 0 Å². The summed E-state index contributed by atoms with van der Waals surface area (Å²) in [5, 5.41) is 0. The summed E-state index contributed by atoms with van der Waals surface area (Å²) in [7, 11) is 0. The first-order valence-corrected chi connectivity index (χ1v) is 6.19. The fourth-order valence-corrected chi connectivity index (χ4v) is 1.97. The zero-order valence-corrected chi connectivity index (χ0v) is 10.6. The van der Waals surface area contributed by atoms with Gasteiger partial charge in [0.15, 0.2) is 0 Å². The third kappa shape index (κ3) is 3.65. The first-order valence-electron chi connectivity index (χ1n) is 6.19. The minimum atomic E-state index is 0.211. The summed E-state index contributed by atoms with van der Waals surface area (Å²) < 4.78 is 0. The first-order chi connectivity index (χ1) is 8.78. The van der Waals surface area contributed by atoms with E-state index in [0.717, 1.165) is 18.5 Å². The molecule has 3 N–H and O–H groups in total. The van der Waals surface area contributed by atoms with Gasteiger partial charge < -0.3 is 0 Å². The molecule has 0 spiro atoms. The Morgan fingerprint density at radius 2 is 1.89 bits per heavy atom. The number of hydrazine groups is 1. The summed E-state index contributed by atoms with van der Waals surface area (Å²) in [5.74, 6) is 5.62. The molecule has 1 aromatic carbocycles. The van der Waals surface area contributed by atoms with E-state index in [4.69, 9.17) is 5.84 Å². The maximum atomic E-state index is 5.62. The van der Waals surface area contributed by atoms with Crippen molar-refractivity contribution in [2.24, 2.45) is 5.84 Å². The molecule has 3 nitrogen and oxygen atoms in total. The van der Waals surface area contributed by atoms with Gasteiger partial charge >= 0.3 is 0 Å². The Balaban J connectivity index is 1.99. The molecule has 1 atom stereocenters. The summed E-state index contributed by atoms with van der Waals surface area (Å²) in [6.07, 6.45) is 3.56. The molecule has 0 bridgehead atoms. The van der Waals surface area contributed by atoms with Crippen LogP contribution in [0.15, 0.2) is 48.7 Å². The second kappa shape index (κ2) is 6.28. The topological polar surface area (TPSA) is 50.9 Å². The van der Waals surface area contributed by atoms with Crippen LogP contribution in [0.4, 0.5) is 0 Å². The molecule has 0 aliphatic heterocycles. The largest absolute Gasteiger partial charge is 0.271 e. The number of hydrogen-bond acceptors (Lipinski definition) is 3. The van der Waals surface area contributed by atoms with Crippen molar-refractivity contribution in [1.82, 2.24) is 10.4 Å². The molecule has 18 heavy (non-hydrogen) atoms. The molecule has 2 aromatic rings. The number of nitrogens with one attached hydrogen (secondary N) is 1. The van der Waals surface area contributed by atoms with E-state index in [0.29, 0.717) is 0 Å². The van der Waals surface area contributed by atoms with Crippen LogP contribution in [-0.2, 0) is 12.8 Å². The van der Waals surface area contributed by atoms with Crippen molar-refractivity contribution in [3.05, 3.63) is 65.5 Å². The van der Waals surface area contributed by atoms with Crippen LogP contribution in [0.5, 0.6) is 0 Å². The number of hydrogen-bond donors (Lipinski definition) is 2. The molecule has 1 heterocycles. The van der Waals surface area contributed by atoms with E-state index in [2.05, 4.69) is 41.6 Å². The Labute approximate surface area is 108 Å². The molecule has 1 unspecified atom stereocenters. The highest BCUT2D eigenvalue weighted by atomic mass is 15.2. The van der Waals surface area contributed by atoms with Gasteiger partial charge in [-0.05, 0) is 31.0 Å². The van der Waals surface area contributed by atoms with Crippen LogP contribution in [0.25, 0.3) is 0 Å². The van der Waals surface area contributed by atoms with E-state index in [1.807, 2.05) is 24.4 Å². The monoisotopic (exact) mass is 241 g/mol. The van der Waals surface area contributed by atoms with Crippen LogP contribution in [0.2, 0.25) is 0 Å². The van der Waals surface area contributed by atoms with Gasteiger partial charge in [-0.1, -0.05) is 35.9 Å². The minimum Gasteiger partial charge on any atom is -0.271 e. The number of aromatic nitrogens is 1. The summed E-state index contributed by atoms with van der Waals surface area (Å²) >= 11 is 0. The molecule has 0 aliphatic rings. The number of benzene rings is 1. The number of nitrogens with two attached hydrogens (primary N) is 1. The van der Waals surface area contributed by atoms with Crippen molar-refractivity contribution in [3.63, 3.8) is 0 Å². The molecule has 1 aromatic heterocycles. The van der Waals surface area contributed by atoms with E-state index < -0.39 is 0 Å². The first kappa shape index (κ1) is 12.7. The van der Waals surface area contributed by atoms with Crippen LogP contribution in [0, 0.1) is 6.92 Å². The predicted molar refractivity (Wildman–Crippen MR) is 73.9 cm³/mol. The zero-order valence-electron chi connectivity index (χ0n) is 10.6. The van der Waals surface area contributed by atoms with E-state index in [1.165, 1.54) is 11.1 Å². The highest BCUT2D eigenvalue weighted by Gasteiger charge is 2.09. The summed E-state index contributed by atoms with van der Waals surface area (Å²) in [6.45, 7) is 2.09. The fraction of sp³-hybridized carbons (Fsp3) is 0.267. The number of nitrogens with zero attached hydrogens (tertiary/aromatic N) is 1. The van der Waals surface area contributed by atoms with Crippen LogP contribution >= 0.6 is 0 Å². The highest BCUT2D eigenvalue weighted by Crippen LogP contribution is 2.08. The molecule has 3 heteroatoms. The Hall–Kier alpha value is -1.71. The Kier molecular flexibility index (Phi) is 4.45. The number of pyridine rings is 1. The van der Waals surface area contributed by atoms with Gasteiger partial charge in [0, 0.05) is 24.4 Å². The molecular weight excluding hydrogens is 222 g/mol. The fourth-order valence-electron chi connectivity index (χ4n) is 1.97. The van der Waals surface area contributed by atoms with Crippen molar-refractivity contribution in [3.8, 4) is 0 Å². The average molecular weight is 241 g/mol. The SMILES string of the molecule is Cc1ccc(CC(Cc2ccccn2)NN)cc1. The predicted octanol–water partition coefficient (Wildman–Crippen LogP) is 2.01. The molecule has 0 aliphatic carbocycles. The summed E-state index contributed by atoms with van der Waals surface area (Å²) in [6, 6.07) is 14.7. The molecule has 0 fully saturated rings. The van der Waals surface area contributed by atoms with Gasteiger partial charge in [0.05, 0.1) is 0 Å². The molecule has 0 radical (unpaired) electrons. The lowest BCUT2D eigenvalue weighted by molar-refractivity contribution is 0.517. The maximum absolute atomic E-state index is 5.62. The van der Waals surface area contributed by atoms with Crippen molar-refractivity contribution < 1.29 is 0 Å². The Morgan fingerprint density at radius 3 is 2.50 bits per heavy atom. The molecule has 94 valence electrons. The van der Waals surface area contributed by atoms with Gasteiger partial charge in [0.25, 0.3) is 0 Å². The van der Waals surface area contributed by atoms with Gasteiger partial charge in [-0.25, -0.2) is 0 Å². The third-order valence-electron chi connectivity index (χ3n) is 3.02. The van der Waals surface area contributed by atoms with Crippen molar-refractivity contribution in [1.29, 1.82) is 0 Å². The van der Waals surface area contributed by atoms with Crippen molar-refractivity contribution in [2.45, 2.75) is 25.8 Å². The smallest absolute Gasteiger partial charge is 0.0419 e. The third-order valence-corrected chi connectivity index (χ3v) is 3.02. The number of aryl methyl sites for hydroxylation is 1. The number of rotatable bonds is 5. The van der Waals surface area contributed by atoms with Gasteiger partial charge in [-0.15, -0.1) is 0 Å². The van der Waals surface area contributed by atoms with Crippen LogP contribution in [-0.4, -0.2) is 11.0 Å². The molecule has 0 saturated carbocycles. The molecule has 2 rings (SSSR count). The lowest BCUT2D eigenvalue weighted by Crippen LogP contribution is -2.38. The van der Waals surface area contributed by atoms with E-state index in [1.54, 1.807) is 0 Å². The van der Waals surface area contributed by atoms with Crippen LogP contribution in [0.3, 0.4) is 0 Å². The van der Waals surface area contributed by atoms with Crippen molar-refractivity contribution in [2.75, 3.05) is 0 Å². The van der Waals surface area contributed by atoms with E-state index >= 15 is 0 Å². The Morgan fingerprint density at radius 1 is 1.11 bits per heavy atom.